The molecule has 11 heteroatoms. The summed E-state index contributed by atoms with van der Waals surface area (Å²) in [7, 11) is 0. The lowest BCUT2D eigenvalue weighted by atomic mass is 9.71. The predicted octanol–water partition coefficient (Wildman–Crippen LogP) is 3.35. The molecule has 4 heterocycles. The minimum Gasteiger partial charge on any atom is -0.465 e. The number of para-hydroxylation sites is 1. The summed E-state index contributed by atoms with van der Waals surface area (Å²) in [6.45, 7) is 7.70. The minimum atomic E-state index is -0.918. The number of carbonyl (C=O) groups excluding carboxylic acids is 3. The lowest BCUT2D eigenvalue weighted by Crippen LogP contribution is -2.55. The smallest absolute Gasteiger partial charge is 0.310 e. The van der Waals surface area contributed by atoms with Gasteiger partial charge in [-0.3, -0.25) is 14.4 Å². The summed E-state index contributed by atoms with van der Waals surface area (Å²) in [6, 6.07) is 15.1. The molecule has 0 radical (unpaired) electrons. The van der Waals surface area contributed by atoms with Crippen molar-refractivity contribution in [3.05, 3.63) is 85.5 Å². The van der Waals surface area contributed by atoms with Gasteiger partial charge in [0.2, 0.25) is 11.8 Å². The summed E-state index contributed by atoms with van der Waals surface area (Å²) in [4.78, 5) is 46.0. The Morgan fingerprint density at radius 2 is 1.93 bits per heavy atom. The topological polar surface area (TPSA) is 118 Å². The fourth-order valence-corrected chi connectivity index (χ4v) is 9.26. The molecule has 1 N–H and O–H groups in total. The molecule has 6 rings (SSSR count). The number of hydrogen-bond acceptors (Lipinski definition) is 8. The fraction of sp³-hybridized carbons (Fsp3) is 0.406. The van der Waals surface area contributed by atoms with Crippen molar-refractivity contribution in [1.82, 2.24) is 24.8 Å². The molecule has 2 aromatic carbocycles. The molecule has 3 saturated heterocycles. The molecule has 6 atom stereocenters. The number of nitrogens with zero attached hydrogens (tertiary/aromatic N) is 5. The Morgan fingerprint density at radius 1 is 1.16 bits per heavy atom. The second-order valence-corrected chi connectivity index (χ2v) is 12.8. The number of likely N-dealkylation sites (tertiary alicyclic amines) is 1. The van der Waals surface area contributed by atoms with Gasteiger partial charge < -0.3 is 19.6 Å². The van der Waals surface area contributed by atoms with E-state index < -0.39 is 34.6 Å². The van der Waals surface area contributed by atoms with Gasteiger partial charge in [0.1, 0.15) is 18.2 Å². The largest absolute Gasteiger partial charge is 0.465 e. The first-order valence-electron chi connectivity index (χ1n) is 14.6. The van der Waals surface area contributed by atoms with E-state index in [1.54, 1.807) is 38.4 Å². The first-order valence-corrected chi connectivity index (χ1v) is 15.4. The molecule has 2 bridgehead atoms. The molecule has 10 nitrogen and oxygen atoms in total. The Morgan fingerprint density at radius 3 is 2.67 bits per heavy atom. The lowest BCUT2D eigenvalue weighted by Gasteiger charge is -2.39. The number of rotatable bonds is 12. The quantitative estimate of drug-likeness (QED) is 0.191. The third-order valence-corrected chi connectivity index (χ3v) is 10.8. The predicted molar refractivity (Wildman–Crippen MR) is 162 cm³/mol. The zero-order valence-electron chi connectivity index (χ0n) is 23.8. The number of esters is 1. The van der Waals surface area contributed by atoms with Crippen molar-refractivity contribution in [2.75, 3.05) is 19.8 Å². The zero-order valence-corrected chi connectivity index (χ0v) is 24.6. The van der Waals surface area contributed by atoms with Crippen LogP contribution < -0.4 is 0 Å². The van der Waals surface area contributed by atoms with Crippen LogP contribution in [0.15, 0.2) is 79.9 Å². The van der Waals surface area contributed by atoms with E-state index in [0.29, 0.717) is 24.8 Å². The van der Waals surface area contributed by atoms with Crippen molar-refractivity contribution < 1.29 is 24.2 Å². The Hall–Kier alpha value is -3.96. The van der Waals surface area contributed by atoms with E-state index in [9.17, 15) is 19.5 Å². The number of thioether (sulfide) groups is 1. The van der Waals surface area contributed by atoms with Crippen LogP contribution in [-0.2, 0) is 25.8 Å². The molecule has 3 aromatic rings. The average molecular weight is 602 g/mol. The van der Waals surface area contributed by atoms with Crippen LogP contribution in [-0.4, -0.2) is 83.5 Å². The highest BCUT2D eigenvalue weighted by atomic mass is 32.2. The van der Waals surface area contributed by atoms with Gasteiger partial charge in [-0.15, -0.1) is 30.0 Å². The first-order chi connectivity index (χ1) is 20.9. The molecule has 0 aliphatic carbocycles. The van der Waals surface area contributed by atoms with E-state index >= 15 is 0 Å². The van der Waals surface area contributed by atoms with Crippen molar-refractivity contribution in [2.24, 2.45) is 11.8 Å². The van der Waals surface area contributed by atoms with Gasteiger partial charge in [0, 0.05) is 11.8 Å². The maximum Gasteiger partial charge on any atom is 0.310 e. The third-order valence-electron chi connectivity index (χ3n) is 8.89. The van der Waals surface area contributed by atoms with Gasteiger partial charge in [-0.2, -0.15) is 0 Å². The summed E-state index contributed by atoms with van der Waals surface area (Å²) < 4.78 is 6.42. The summed E-state index contributed by atoms with van der Waals surface area (Å²) in [5.74, 6) is -2.40. The standard InChI is InChI=1S/C32H35N5O5S/c1-3-5-18-42-31(41)26-25-15-16-32(43-25)27(26)29(39)37(24(19-38)21-11-7-6-8-12-21)28(32)30(40)35(17-4-2)20-36-23-14-10-9-13-22(23)33-34-36/h3-4,6-14,24-28,38H,1-2,5,15-20H2/t24-,25-,26+,27+,28?,32?/m1/s1. The number of benzene rings is 2. The van der Waals surface area contributed by atoms with E-state index in [2.05, 4.69) is 23.5 Å². The van der Waals surface area contributed by atoms with E-state index in [4.69, 9.17) is 4.74 Å². The van der Waals surface area contributed by atoms with E-state index in [0.717, 1.165) is 11.1 Å². The Labute approximate surface area is 254 Å². The van der Waals surface area contributed by atoms with Gasteiger partial charge >= 0.3 is 5.97 Å². The van der Waals surface area contributed by atoms with Crippen LogP contribution in [0.25, 0.3) is 11.0 Å². The second kappa shape index (κ2) is 12.0. The van der Waals surface area contributed by atoms with Gasteiger partial charge in [0.15, 0.2) is 0 Å². The van der Waals surface area contributed by atoms with E-state index in [1.165, 1.54) is 0 Å². The second-order valence-electron chi connectivity index (χ2n) is 11.2. The lowest BCUT2D eigenvalue weighted by molar-refractivity contribution is -0.154. The molecular weight excluding hydrogens is 566 g/mol. The van der Waals surface area contributed by atoms with E-state index in [1.807, 2.05) is 54.6 Å². The monoisotopic (exact) mass is 601 g/mol. The zero-order chi connectivity index (χ0) is 30.1. The van der Waals surface area contributed by atoms with Crippen LogP contribution in [0.2, 0.25) is 0 Å². The number of aliphatic hydroxyl groups excluding tert-OH is 1. The number of hydrogen-bond donors (Lipinski definition) is 1. The van der Waals surface area contributed by atoms with Crippen LogP contribution in [0.3, 0.4) is 0 Å². The average Bonchev–Trinajstić information content (AvgIpc) is 3.78. The molecule has 3 aliphatic rings. The summed E-state index contributed by atoms with van der Waals surface area (Å²) in [5, 5.41) is 19.1. The molecule has 3 aliphatic heterocycles. The number of carbonyl (C=O) groups is 3. The molecule has 43 heavy (non-hydrogen) atoms. The van der Waals surface area contributed by atoms with Crippen molar-refractivity contribution in [1.29, 1.82) is 0 Å². The maximum absolute atomic E-state index is 14.8. The molecule has 0 saturated carbocycles. The summed E-state index contributed by atoms with van der Waals surface area (Å²) >= 11 is 1.56. The van der Waals surface area contributed by atoms with Crippen molar-refractivity contribution in [3.8, 4) is 0 Å². The van der Waals surface area contributed by atoms with Crippen LogP contribution in [0.1, 0.15) is 30.9 Å². The molecular formula is C32H35N5O5S. The Kier molecular flexibility index (Phi) is 8.11. The molecule has 1 spiro atoms. The Bertz CT molecular complexity index is 1550. The van der Waals surface area contributed by atoms with Gasteiger partial charge in [-0.25, -0.2) is 4.68 Å². The Balaban J connectivity index is 1.41. The fourth-order valence-electron chi connectivity index (χ4n) is 7.07. The molecule has 224 valence electrons. The molecule has 3 fully saturated rings. The number of fused-ring (bicyclic) bond motifs is 2. The highest BCUT2D eigenvalue weighted by molar-refractivity contribution is 8.02. The normalized spacial score (nSPS) is 26.3. The number of aromatic nitrogens is 3. The highest BCUT2D eigenvalue weighted by Crippen LogP contribution is 2.67. The summed E-state index contributed by atoms with van der Waals surface area (Å²) in [5.41, 5.74) is 2.20. The van der Waals surface area contributed by atoms with Crippen LogP contribution >= 0.6 is 11.8 Å². The molecule has 1 aromatic heterocycles. The minimum absolute atomic E-state index is 0.0981. The van der Waals surface area contributed by atoms with Crippen molar-refractivity contribution in [2.45, 2.75) is 48.0 Å². The number of amides is 2. The van der Waals surface area contributed by atoms with Gasteiger partial charge in [0.25, 0.3) is 0 Å². The maximum atomic E-state index is 14.8. The van der Waals surface area contributed by atoms with Gasteiger partial charge in [-0.05, 0) is 37.0 Å². The van der Waals surface area contributed by atoms with Crippen LogP contribution in [0.4, 0.5) is 0 Å². The number of ether oxygens (including phenoxy) is 1. The summed E-state index contributed by atoms with van der Waals surface area (Å²) in [6.07, 6.45) is 5.13. The number of aliphatic hydroxyl groups is 1. The van der Waals surface area contributed by atoms with Crippen LogP contribution in [0, 0.1) is 11.8 Å². The highest BCUT2D eigenvalue weighted by Gasteiger charge is 2.75. The SMILES string of the molecule is C=CCCOC(=O)[C@@H]1[C@H]2C(=O)N([C@H](CO)c3ccccc3)C(C(=O)N(CC=C)Cn3nnc4ccccc43)C23CC[C@H]1S3. The molecule has 2 amide bonds. The van der Waals surface area contributed by atoms with Gasteiger partial charge in [0.05, 0.1) is 41.4 Å². The third kappa shape index (κ3) is 4.84. The van der Waals surface area contributed by atoms with Crippen molar-refractivity contribution >= 4 is 40.6 Å². The first kappa shape index (κ1) is 29.1. The van der Waals surface area contributed by atoms with Crippen molar-refractivity contribution in [3.63, 3.8) is 0 Å². The molecule has 2 unspecified atom stereocenters. The van der Waals surface area contributed by atoms with E-state index in [-0.39, 0.29) is 43.5 Å². The van der Waals surface area contributed by atoms with Crippen LogP contribution in [0.5, 0.6) is 0 Å². The van der Waals surface area contributed by atoms with Gasteiger partial charge in [-0.1, -0.05) is 59.8 Å².